The minimum Gasteiger partial charge on any atom is -0.376 e. The number of likely N-dealkylation sites (tertiary alicyclic amines) is 1. The number of hydrogen-bond donors (Lipinski definition) is 0. The Morgan fingerprint density at radius 2 is 2.32 bits per heavy atom. The molecule has 1 saturated heterocycles. The quantitative estimate of drug-likeness (QED) is 0.760. The molecule has 1 fully saturated rings. The zero-order chi connectivity index (χ0) is 17.4. The highest BCUT2D eigenvalue weighted by molar-refractivity contribution is 9.11. The fraction of sp³-hybridized carbons (Fsp3) is 0.471. The highest BCUT2D eigenvalue weighted by Crippen LogP contribution is 2.27. The van der Waals surface area contributed by atoms with Crippen LogP contribution in [-0.2, 0) is 24.3 Å². The summed E-state index contributed by atoms with van der Waals surface area (Å²) in [6.07, 6.45) is 2.58. The normalized spacial score (nSPS) is 19.9. The van der Waals surface area contributed by atoms with Crippen LogP contribution in [0, 0.1) is 0 Å². The summed E-state index contributed by atoms with van der Waals surface area (Å²) in [7, 11) is 0. The lowest BCUT2D eigenvalue weighted by Crippen LogP contribution is -2.41. The monoisotopic (exact) mass is 423 g/mol. The van der Waals surface area contributed by atoms with E-state index in [1.54, 1.807) is 6.07 Å². The van der Waals surface area contributed by atoms with Crippen LogP contribution in [-0.4, -0.2) is 39.8 Å². The Balaban J connectivity index is 1.55. The van der Waals surface area contributed by atoms with Gasteiger partial charge in [-0.15, -0.1) is 11.3 Å². The van der Waals surface area contributed by atoms with Gasteiger partial charge in [0.05, 0.1) is 40.2 Å². The SMILES string of the molecule is O=C(c1ccc(Br)s1)N1CCCC1Cn1nc2c(cc1=O)COCC2. The number of fused-ring (bicyclic) bond motifs is 1. The molecule has 2 aromatic rings. The third-order valence-electron chi connectivity index (χ3n) is 4.71. The van der Waals surface area contributed by atoms with E-state index in [1.165, 1.54) is 16.0 Å². The number of rotatable bonds is 3. The standard InChI is InChI=1S/C17H18BrN3O3S/c18-15-4-3-14(25-15)17(23)20-6-1-2-12(20)9-21-16(22)8-11-10-24-7-5-13(11)19-21/h3-4,8,12H,1-2,5-7,9-10H2. The molecule has 0 N–H and O–H groups in total. The maximum Gasteiger partial charge on any atom is 0.267 e. The van der Waals surface area contributed by atoms with Crippen molar-refractivity contribution >= 4 is 33.2 Å². The smallest absolute Gasteiger partial charge is 0.267 e. The van der Waals surface area contributed by atoms with Crippen LogP contribution in [0.3, 0.4) is 0 Å². The molecule has 1 atom stereocenters. The molecule has 0 radical (unpaired) electrons. The zero-order valence-corrected chi connectivity index (χ0v) is 16.0. The van der Waals surface area contributed by atoms with Crippen molar-refractivity contribution in [1.82, 2.24) is 14.7 Å². The van der Waals surface area contributed by atoms with E-state index in [-0.39, 0.29) is 17.5 Å². The summed E-state index contributed by atoms with van der Waals surface area (Å²) in [6.45, 7) is 2.27. The van der Waals surface area contributed by atoms with E-state index in [0.29, 0.717) is 19.8 Å². The van der Waals surface area contributed by atoms with Gasteiger partial charge >= 0.3 is 0 Å². The minimum atomic E-state index is -0.123. The largest absolute Gasteiger partial charge is 0.376 e. The fourth-order valence-electron chi connectivity index (χ4n) is 3.45. The van der Waals surface area contributed by atoms with Crippen LogP contribution in [0.5, 0.6) is 0 Å². The van der Waals surface area contributed by atoms with Gasteiger partial charge in [-0.05, 0) is 40.9 Å². The van der Waals surface area contributed by atoms with Gasteiger partial charge in [-0.1, -0.05) is 0 Å². The molecule has 8 heteroatoms. The lowest BCUT2D eigenvalue weighted by molar-refractivity contribution is 0.0724. The predicted octanol–water partition coefficient (Wildman–Crippen LogP) is 2.44. The van der Waals surface area contributed by atoms with Crippen LogP contribution in [0.2, 0.25) is 0 Å². The predicted molar refractivity (Wildman–Crippen MR) is 97.9 cm³/mol. The summed E-state index contributed by atoms with van der Waals surface area (Å²) >= 11 is 4.84. The number of amides is 1. The molecule has 132 valence electrons. The molecule has 25 heavy (non-hydrogen) atoms. The number of aromatic nitrogens is 2. The first-order chi connectivity index (χ1) is 12.1. The molecule has 4 heterocycles. The van der Waals surface area contributed by atoms with Gasteiger partial charge in [0.1, 0.15) is 0 Å². The summed E-state index contributed by atoms with van der Waals surface area (Å²) in [5, 5.41) is 4.53. The average Bonchev–Trinajstić information content (AvgIpc) is 3.24. The van der Waals surface area contributed by atoms with Gasteiger partial charge in [0.25, 0.3) is 11.5 Å². The number of hydrogen-bond acceptors (Lipinski definition) is 5. The van der Waals surface area contributed by atoms with E-state index in [0.717, 1.165) is 45.7 Å². The van der Waals surface area contributed by atoms with Gasteiger partial charge < -0.3 is 9.64 Å². The third-order valence-corrected chi connectivity index (χ3v) is 6.32. The first-order valence-corrected chi connectivity index (χ1v) is 9.97. The summed E-state index contributed by atoms with van der Waals surface area (Å²) < 4.78 is 7.84. The number of ether oxygens (including phenoxy) is 1. The van der Waals surface area contributed by atoms with Gasteiger partial charge in [0.2, 0.25) is 0 Å². The molecular weight excluding hydrogens is 406 g/mol. The van der Waals surface area contributed by atoms with E-state index < -0.39 is 0 Å². The van der Waals surface area contributed by atoms with Crippen LogP contribution in [0.15, 0.2) is 26.8 Å². The second kappa shape index (κ2) is 7.01. The van der Waals surface area contributed by atoms with Gasteiger partial charge in [-0.25, -0.2) is 4.68 Å². The summed E-state index contributed by atoms with van der Waals surface area (Å²) in [4.78, 5) is 27.7. The maximum absolute atomic E-state index is 12.8. The van der Waals surface area contributed by atoms with Crippen molar-refractivity contribution in [1.29, 1.82) is 0 Å². The van der Waals surface area contributed by atoms with Crippen molar-refractivity contribution in [2.75, 3.05) is 13.2 Å². The molecule has 1 unspecified atom stereocenters. The highest BCUT2D eigenvalue weighted by Gasteiger charge is 2.31. The Bertz CT molecular complexity index is 863. The topological polar surface area (TPSA) is 64.4 Å². The second-order valence-electron chi connectivity index (χ2n) is 6.34. The van der Waals surface area contributed by atoms with Crippen LogP contribution in [0.25, 0.3) is 0 Å². The lowest BCUT2D eigenvalue weighted by Gasteiger charge is -2.25. The minimum absolute atomic E-state index is 0.0106. The van der Waals surface area contributed by atoms with Crippen LogP contribution in [0.4, 0.5) is 0 Å². The van der Waals surface area contributed by atoms with E-state index in [1.807, 2.05) is 17.0 Å². The molecule has 0 spiro atoms. The molecule has 6 nitrogen and oxygen atoms in total. The van der Waals surface area contributed by atoms with E-state index in [2.05, 4.69) is 21.0 Å². The Morgan fingerprint density at radius 1 is 1.44 bits per heavy atom. The van der Waals surface area contributed by atoms with E-state index >= 15 is 0 Å². The first-order valence-electron chi connectivity index (χ1n) is 8.36. The van der Waals surface area contributed by atoms with Crippen molar-refractivity contribution in [3.05, 3.63) is 48.5 Å². The molecule has 0 saturated carbocycles. The molecule has 0 bridgehead atoms. The Morgan fingerprint density at radius 3 is 3.12 bits per heavy atom. The lowest BCUT2D eigenvalue weighted by atomic mass is 10.1. The van der Waals surface area contributed by atoms with Gasteiger partial charge in [-0.3, -0.25) is 9.59 Å². The van der Waals surface area contributed by atoms with Crippen LogP contribution in [0.1, 0.15) is 33.8 Å². The number of halogens is 1. The van der Waals surface area contributed by atoms with E-state index in [4.69, 9.17) is 4.74 Å². The molecule has 2 aliphatic rings. The number of carbonyl (C=O) groups is 1. The second-order valence-corrected chi connectivity index (χ2v) is 8.80. The summed E-state index contributed by atoms with van der Waals surface area (Å²) in [6, 6.07) is 5.37. The maximum atomic E-state index is 12.8. The molecule has 0 aromatic carbocycles. The summed E-state index contributed by atoms with van der Waals surface area (Å²) in [5.41, 5.74) is 1.70. The molecule has 2 aromatic heterocycles. The molecule has 0 aliphatic carbocycles. The highest BCUT2D eigenvalue weighted by atomic mass is 79.9. The summed E-state index contributed by atoms with van der Waals surface area (Å²) in [5.74, 6) is 0.0395. The van der Waals surface area contributed by atoms with Crippen LogP contribution < -0.4 is 5.56 Å². The number of nitrogens with zero attached hydrogens (tertiary/aromatic N) is 3. The Hall–Kier alpha value is -1.51. The van der Waals surface area contributed by atoms with Crippen molar-refractivity contribution in [3.8, 4) is 0 Å². The zero-order valence-electron chi connectivity index (χ0n) is 13.6. The third kappa shape index (κ3) is 3.43. The number of thiophene rings is 1. The van der Waals surface area contributed by atoms with Crippen molar-refractivity contribution in [2.45, 2.75) is 38.5 Å². The fourth-order valence-corrected chi connectivity index (χ4v) is 4.79. The Labute approximate surface area is 157 Å². The van der Waals surface area contributed by atoms with Crippen molar-refractivity contribution in [2.24, 2.45) is 0 Å². The van der Waals surface area contributed by atoms with Gasteiger partial charge in [0.15, 0.2) is 0 Å². The number of carbonyl (C=O) groups excluding carboxylic acids is 1. The van der Waals surface area contributed by atoms with Gasteiger partial charge in [-0.2, -0.15) is 5.10 Å². The molecule has 1 amide bonds. The van der Waals surface area contributed by atoms with Gasteiger partial charge in [0, 0.05) is 24.6 Å². The van der Waals surface area contributed by atoms with E-state index in [9.17, 15) is 9.59 Å². The first kappa shape index (κ1) is 16.9. The molecule has 4 rings (SSSR count). The van der Waals surface area contributed by atoms with Crippen LogP contribution >= 0.6 is 27.3 Å². The van der Waals surface area contributed by atoms with Crippen molar-refractivity contribution < 1.29 is 9.53 Å². The molecular formula is C17H18BrN3O3S. The average molecular weight is 424 g/mol. The molecule has 2 aliphatic heterocycles. The Kier molecular flexibility index (Phi) is 4.75. The van der Waals surface area contributed by atoms with Crippen molar-refractivity contribution in [3.63, 3.8) is 0 Å².